The zero-order chi connectivity index (χ0) is 26.5. The predicted octanol–water partition coefficient (Wildman–Crippen LogP) is 4.71. The fourth-order valence-corrected chi connectivity index (χ4v) is 4.91. The lowest BCUT2D eigenvalue weighted by Crippen LogP contribution is -2.23. The zero-order valence-corrected chi connectivity index (χ0v) is 21.2. The second-order valence-electron chi connectivity index (χ2n) is 9.25. The summed E-state index contributed by atoms with van der Waals surface area (Å²) >= 11 is 0. The van der Waals surface area contributed by atoms with Gasteiger partial charge in [0, 0.05) is 29.2 Å². The minimum absolute atomic E-state index is 0.0955. The number of aromatic nitrogens is 1. The normalized spacial score (nSPS) is 19.0. The summed E-state index contributed by atoms with van der Waals surface area (Å²) in [6, 6.07) is 13.4. The molecule has 1 aliphatic carbocycles. The Labute approximate surface area is 215 Å². The van der Waals surface area contributed by atoms with Gasteiger partial charge in [0.2, 0.25) is 0 Å². The van der Waals surface area contributed by atoms with Crippen molar-refractivity contribution in [3.63, 3.8) is 0 Å². The van der Waals surface area contributed by atoms with E-state index in [4.69, 9.17) is 24.3 Å². The molecule has 196 valence electrons. The Balaban J connectivity index is 1.51. The number of ether oxygens (including phenoxy) is 3. The van der Waals surface area contributed by atoms with Crippen LogP contribution in [0.2, 0.25) is 0 Å². The monoisotopic (exact) mass is 509 g/mol. The first-order valence-corrected chi connectivity index (χ1v) is 12.3. The second kappa shape index (κ2) is 11.7. The van der Waals surface area contributed by atoms with E-state index >= 15 is 0 Å². The van der Waals surface area contributed by atoms with Crippen LogP contribution in [0.15, 0.2) is 48.5 Å². The maximum Gasteiger partial charge on any atom is 0.163 e. The Morgan fingerprint density at radius 3 is 2.49 bits per heavy atom. The second-order valence-corrected chi connectivity index (χ2v) is 9.25. The number of carbonyl (C=O) groups excluding carboxylic acids is 1. The van der Waals surface area contributed by atoms with Crippen LogP contribution in [0.1, 0.15) is 46.8 Å². The van der Waals surface area contributed by atoms with E-state index in [1.54, 1.807) is 44.4 Å². The van der Waals surface area contributed by atoms with Crippen LogP contribution in [0.5, 0.6) is 17.2 Å². The van der Waals surface area contributed by atoms with Crippen LogP contribution in [0.3, 0.4) is 0 Å². The highest BCUT2D eigenvalue weighted by atomic mass is 19.1. The molecule has 0 aliphatic heterocycles. The maximum absolute atomic E-state index is 13.8. The molecule has 2 aromatic carbocycles. The number of carbonyl (C=O) groups is 1. The van der Waals surface area contributed by atoms with E-state index in [9.17, 15) is 14.3 Å². The Hall–Kier alpha value is -3.49. The molecule has 0 saturated heterocycles. The van der Waals surface area contributed by atoms with Gasteiger partial charge in [-0.15, -0.1) is 0 Å². The topological polar surface area (TPSA) is 98.1 Å². The van der Waals surface area contributed by atoms with Gasteiger partial charge >= 0.3 is 0 Å². The van der Waals surface area contributed by atoms with Crippen molar-refractivity contribution in [3.05, 3.63) is 71.2 Å². The van der Waals surface area contributed by atoms with Gasteiger partial charge in [0.1, 0.15) is 23.9 Å². The molecule has 0 radical (unpaired) electrons. The quantitative estimate of drug-likeness (QED) is 0.382. The minimum Gasteiger partial charge on any atom is -0.494 e. The lowest BCUT2D eigenvalue weighted by Gasteiger charge is -2.20. The highest BCUT2D eigenvalue weighted by Gasteiger charge is 2.38. The Morgan fingerprint density at radius 1 is 1.03 bits per heavy atom. The molecule has 1 saturated carbocycles. The molecule has 1 aromatic heterocycles. The molecule has 37 heavy (non-hydrogen) atoms. The summed E-state index contributed by atoms with van der Waals surface area (Å²) in [5.74, 6) is 0.600. The number of nitrogens with zero attached hydrogens (tertiary/aromatic N) is 1. The molecule has 3 atom stereocenters. The van der Waals surface area contributed by atoms with Crippen LogP contribution >= 0.6 is 0 Å². The first-order chi connectivity index (χ1) is 17.9. The fourth-order valence-electron chi connectivity index (χ4n) is 4.91. The van der Waals surface area contributed by atoms with Crippen LogP contribution in [-0.4, -0.2) is 54.5 Å². The Morgan fingerprint density at radius 2 is 1.78 bits per heavy atom. The number of rotatable bonds is 10. The standard InChI is InChI=1S/C29H32FNO6/c1-17-14-19(5-8-22(17)30)28-26(35-2)11-9-23(31-28)21-7-4-20(29(21)34)15-24(33)18-6-10-25(37-13-12-32)27(16-18)36-3/h5-6,8-11,14,16,20-21,29,32,34H,4,7,12-13,15H2,1-3H3/t20-,21?,29-/m0/s1. The van der Waals surface area contributed by atoms with Gasteiger partial charge in [-0.1, -0.05) is 0 Å². The van der Waals surface area contributed by atoms with Gasteiger partial charge in [-0.05, 0) is 79.8 Å². The maximum atomic E-state index is 13.8. The number of Topliss-reactive ketones (excluding diaryl/α,β-unsaturated/α-hetero) is 1. The summed E-state index contributed by atoms with van der Waals surface area (Å²) in [5, 5.41) is 20.1. The summed E-state index contributed by atoms with van der Waals surface area (Å²) in [4.78, 5) is 17.9. The minimum atomic E-state index is -0.735. The van der Waals surface area contributed by atoms with Gasteiger partial charge in [0.15, 0.2) is 17.3 Å². The molecule has 2 N–H and O–H groups in total. The summed E-state index contributed by atoms with van der Waals surface area (Å²) in [6.07, 6.45) is 0.835. The van der Waals surface area contributed by atoms with Crippen molar-refractivity contribution in [2.75, 3.05) is 27.4 Å². The highest BCUT2D eigenvalue weighted by molar-refractivity contribution is 5.97. The number of pyridine rings is 1. The number of aliphatic hydroxyl groups is 2. The number of benzene rings is 2. The molecule has 0 bridgehead atoms. The summed E-state index contributed by atoms with van der Waals surface area (Å²) in [6.45, 7) is 1.70. The SMILES string of the molecule is COc1cc(C(=O)C[C@@H]2CCC(c3ccc(OC)c(-c4ccc(F)c(C)c4)n3)[C@H]2O)ccc1OCCO. The Bertz CT molecular complexity index is 1260. The predicted molar refractivity (Wildman–Crippen MR) is 137 cm³/mol. The lowest BCUT2D eigenvalue weighted by molar-refractivity contribution is 0.0833. The van der Waals surface area contributed by atoms with Crippen molar-refractivity contribution < 1.29 is 33.6 Å². The number of ketones is 1. The average Bonchev–Trinajstić information content (AvgIpc) is 3.28. The van der Waals surface area contributed by atoms with Crippen LogP contribution in [0.4, 0.5) is 4.39 Å². The van der Waals surface area contributed by atoms with E-state index < -0.39 is 6.10 Å². The number of hydrogen-bond acceptors (Lipinski definition) is 7. The van der Waals surface area contributed by atoms with Gasteiger partial charge in [-0.25, -0.2) is 9.37 Å². The number of methoxy groups -OCH3 is 2. The van der Waals surface area contributed by atoms with Crippen LogP contribution in [0.25, 0.3) is 11.3 Å². The molecule has 1 fully saturated rings. The van der Waals surface area contributed by atoms with E-state index in [0.717, 1.165) is 5.56 Å². The molecule has 7 nitrogen and oxygen atoms in total. The van der Waals surface area contributed by atoms with E-state index in [-0.39, 0.29) is 43.1 Å². The molecule has 8 heteroatoms. The summed E-state index contributed by atoms with van der Waals surface area (Å²) in [5.41, 5.74) is 3.02. The highest BCUT2D eigenvalue weighted by Crippen LogP contribution is 2.42. The van der Waals surface area contributed by atoms with E-state index in [2.05, 4.69) is 0 Å². The third-order valence-electron chi connectivity index (χ3n) is 6.94. The third kappa shape index (κ3) is 5.76. The van der Waals surface area contributed by atoms with Crippen LogP contribution in [0, 0.1) is 18.7 Å². The molecule has 1 aliphatic rings. The van der Waals surface area contributed by atoms with Crippen LogP contribution in [-0.2, 0) is 0 Å². The molecule has 1 unspecified atom stereocenters. The molecular weight excluding hydrogens is 477 g/mol. The molecule has 3 aromatic rings. The molecule has 4 rings (SSSR count). The van der Waals surface area contributed by atoms with Crippen molar-refractivity contribution in [1.29, 1.82) is 0 Å². The smallest absolute Gasteiger partial charge is 0.163 e. The van der Waals surface area contributed by atoms with E-state index in [1.165, 1.54) is 13.2 Å². The number of aliphatic hydroxyl groups excluding tert-OH is 2. The molecule has 0 spiro atoms. The number of aryl methyl sites for hydroxylation is 1. The largest absolute Gasteiger partial charge is 0.494 e. The number of hydrogen-bond donors (Lipinski definition) is 2. The van der Waals surface area contributed by atoms with Gasteiger partial charge in [-0.2, -0.15) is 0 Å². The van der Waals surface area contributed by atoms with Crippen LogP contribution < -0.4 is 14.2 Å². The van der Waals surface area contributed by atoms with Gasteiger partial charge in [0.25, 0.3) is 0 Å². The van der Waals surface area contributed by atoms with Gasteiger partial charge in [0.05, 0.1) is 26.9 Å². The lowest BCUT2D eigenvalue weighted by atomic mass is 9.92. The van der Waals surface area contributed by atoms with E-state index in [1.807, 2.05) is 12.1 Å². The van der Waals surface area contributed by atoms with Crippen molar-refractivity contribution in [1.82, 2.24) is 4.98 Å². The number of halogens is 1. The van der Waals surface area contributed by atoms with Crippen molar-refractivity contribution in [2.45, 2.75) is 38.2 Å². The molecular formula is C29H32FNO6. The zero-order valence-electron chi connectivity index (χ0n) is 21.2. The summed E-state index contributed by atoms with van der Waals surface area (Å²) in [7, 11) is 3.05. The van der Waals surface area contributed by atoms with Crippen molar-refractivity contribution in [2.24, 2.45) is 5.92 Å². The van der Waals surface area contributed by atoms with E-state index in [0.29, 0.717) is 52.6 Å². The van der Waals surface area contributed by atoms with Crippen molar-refractivity contribution >= 4 is 5.78 Å². The van der Waals surface area contributed by atoms with Crippen molar-refractivity contribution in [3.8, 4) is 28.5 Å². The van der Waals surface area contributed by atoms with Gasteiger partial charge in [-0.3, -0.25) is 4.79 Å². The molecule has 1 heterocycles. The average molecular weight is 510 g/mol. The first-order valence-electron chi connectivity index (χ1n) is 12.3. The summed E-state index contributed by atoms with van der Waals surface area (Å²) < 4.78 is 30.1. The van der Waals surface area contributed by atoms with Gasteiger partial charge < -0.3 is 24.4 Å². The third-order valence-corrected chi connectivity index (χ3v) is 6.94. The molecule has 0 amide bonds. The first kappa shape index (κ1) is 26.6. The Kier molecular flexibility index (Phi) is 8.41. The fraction of sp³-hybridized carbons (Fsp3) is 0.379.